The lowest BCUT2D eigenvalue weighted by atomic mass is 9.97. The van der Waals surface area contributed by atoms with Crippen LogP contribution in [-0.4, -0.2) is 33.3 Å². The van der Waals surface area contributed by atoms with Crippen LogP contribution in [0.1, 0.15) is 31.2 Å². The first kappa shape index (κ1) is 14.6. The van der Waals surface area contributed by atoms with Gasteiger partial charge < -0.3 is 15.1 Å². The first-order valence-corrected chi connectivity index (χ1v) is 7.43. The lowest BCUT2D eigenvalue weighted by molar-refractivity contribution is -0.384. The summed E-state index contributed by atoms with van der Waals surface area (Å²) in [6.07, 6.45) is 3.07. The van der Waals surface area contributed by atoms with Crippen molar-refractivity contribution in [3.8, 4) is 0 Å². The van der Waals surface area contributed by atoms with Crippen LogP contribution in [0.15, 0.2) is 12.1 Å². The molecule has 114 valence electrons. The van der Waals surface area contributed by atoms with Gasteiger partial charge in [-0.15, -0.1) is 0 Å². The van der Waals surface area contributed by atoms with E-state index in [0.29, 0.717) is 18.4 Å². The van der Waals surface area contributed by atoms with E-state index in [-0.39, 0.29) is 35.5 Å². The lowest BCUT2D eigenvalue weighted by Gasteiger charge is -2.40. The number of nitro benzene ring substituents is 1. The molecule has 0 amide bonds. The predicted octanol–water partition coefficient (Wildman–Crippen LogP) is 2.23. The minimum absolute atomic E-state index is 0.00511. The molecule has 0 aromatic heterocycles. The van der Waals surface area contributed by atoms with Gasteiger partial charge in [-0.25, -0.2) is 0 Å². The third-order valence-electron chi connectivity index (χ3n) is 4.54. The van der Waals surface area contributed by atoms with E-state index in [2.05, 4.69) is 4.90 Å². The molecule has 2 saturated heterocycles. The maximum atomic E-state index is 11.0. The number of fused-ring (bicyclic) bond motifs is 2. The zero-order chi connectivity index (χ0) is 15.1. The van der Waals surface area contributed by atoms with E-state index < -0.39 is 4.92 Å². The van der Waals surface area contributed by atoms with Crippen molar-refractivity contribution in [1.82, 2.24) is 0 Å². The number of aliphatic hydroxyl groups excluding tert-OH is 2. The third-order valence-corrected chi connectivity index (χ3v) is 4.96. The fourth-order valence-electron chi connectivity index (χ4n) is 3.67. The number of aliphatic hydroxyl groups is 2. The summed E-state index contributed by atoms with van der Waals surface area (Å²) in [5, 5.41) is 30.4. The topological polar surface area (TPSA) is 86.8 Å². The standard InChI is InChI=1S/C14H17ClN2O4/c15-14-11(7-18)12(3-4-13(14)17(20)21)16-8-1-2-9(16)6-10(19)5-8/h3-4,8-10,18-19H,1-2,5-7H2/t8-,9+,10+. The van der Waals surface area contributed by atoms with Crippen molar-refractivity contribution in [2.45, 2.75) is 50.5 Å². The summed E-state index contributed by atoms with van der Waals surface area (Å²) in [6.45, 7) is -0.339. The lowest BCUT2D eigenvalue weighted by Crippen LogP contribution is -2.45. The van der Waals surface area contributed by atoms with E-state index in [1.165, 1.54) is 6.07 Å². The van der Waals surface area contributed by atoms with E-state index >= 15 is 0 Å². The van der Waals surface area contributed by atoms with Gasteiger partial charge in [0.2, 0.25) is 0 Å². The summed E-state index contributed by atoms with van der Waals surface area (Å²) < 4.78 is 0. The quantitative estimate of drug-likeness (QED) is 0.660. The van der Waals surface area contributed by atoms with Crippen molar-refractivity contribution in [3.05, 3.63) is 32.8 Å². The van der Waals surface area contributed by atoms with Crippen LogP contribution in [0.4, 0.5) is 11.4 Å². The Balaban J connectivity index is 2.03. The zero-order valence-corrected chi connectivity index (χ0v) is 12.2. The van der Waals surface area contributed by atoms with Gasteiger partial charge in [-0.1, -0.05) is 11.6 Å². The number of halogens is 1. The van der Waals surface area contributed by atoms with Gasteiger partial charge in [0.15, 0.2) is 0 Å². The van der Waals surface area contributed by atoms with Crippen molar-refractivity contribution < 1.29 is 15.1 Å². The molecule has 2 bridgehead atoms. The summed E-state index contributed by atoms with van der Waals surface area (Å²) >= 11 is 6.10. The van der Waals surface area contributed by atoms with Crippen LogP contribution in [0.2, 0.25) is 5.02 Å². The third kappa shape index (κ3) is 2.37. The molecule has 2 heterocycles. The molecular formula is C14H17ClN2O4. The highest BCUT2D eigenvalue weighted by atomic mass is 35.5. The van der Waals surface area contributed by atoms with E-state index in [1.54, 1.807) is 6.07 Å². The second-order valence-electron chi connectivity index (χ2n) is 5.73. The Labute approximate surface area is 127 Å². The fraction of sp³-hybridized carbons (Fsp3) is 0.571. The van der Waals surface area contributed by atoms with E-state index in [1.807, 2.05) is 0 Å². The van der Waals surface area contributed by atoms with Crippen LogP contribution in [0.25, 0.3) is 0 Å². The van der Waals surface area contributed by atoms with Crippen LogP contribution in [0.5, 0.6) is 0 Å². The summed E-state index contributed by atoms with van der Waals surface area (Å²) in [6, 6.07) is 3.48. The van der Waals surface area contributed by atoms with Crippen molar-refractivity contribution in [1.29, 1.82) is 0 Å². The summed E-state index contributed by atoms with van der Waals surface area (Å²) in [5.41, 5.74) is 0.973. The van der Waals surface area contributed by atoms with Gasteiger partial charge in [-0.3, -0.25) is 10.1 Å². The highest BCUT2D eigenvalue weighted by Crippen LogP contribution is 2.43. The first-order valence-electron chi connectivity index (χ1n) is 7.06. The molecule has 3 rings (SSSR count). The Hall–Kier alpha value is -1.37. The molecule has 0 unspecified atom stereocenters. The molecule has 21 heavy (non-hydrogen) atoms. The van der Waals surface area contributed by atoms with Crippen molar-refractivity contribution in [2.75, 3.05) is 4.90 Å². The molecule has 1 aromatic carbocycles. The number of piperidine rings is 1. The molecule has 0 saturated carbocycles. The van der Waals surface area contributed by atoms with Crippen LogP contribution in [-0.2, 0) is 6.61 Å². The maximum Gasteiger partial charge on any atom is 0.288 e. The average Bonchev–Trinajstić information content (AvgIpc) is 2.69. The van der Waals surface area contributed by atoms with Gasteiger partial charge in [0.1, 0.15) is 5.02 Å². The monoisotopic (exact) mass is 312 g/mol. The van der Waals surface area contributed by atoms with E-state index in [0.717, 1.165) is 18.5 Å². The van der Waals surface area contributed by atoms with Gasteiger partial charge in [0.25, 0.3) is 5.69 Å². The number of rotatable bonds is 3. The number of nitro groups is 1. The van der Waals surface area contributed by atoms with Gasteiger partial charge in [0, 0.05) is 29.4 Å². The molecular weight excluding hydrogens is 296 g/mol. The Morgan fingerprint density at radius 2 is 1.95 bits per heavy atom. The number of hydrogen-bond donors (Lipinski definition) is 2. The average molecular weight is 313 g/mol. The minimum atomic E-state index is -0.542. The van der Waals surface area contributed by atoms with Crippen LogP contribution < -0.4 is 4.90 Å². The fourth-order valence-corrected chi connectivity index (χ4v) is 3.96. The molecule has 2 aliphatic heterocycles. The highest BCUT2D eigenvalue weighted by molar-refractivity contribution is 6.33. The highest BCUT2D eigenvalue weighted by Gasteiger charge is 2.41. The van der Waals surface area contributed by atoms with Crippen LogP contribution in [0.3, 0.4) is 0 Å². The minimum Gasteiger partial charge on any atom is -0.393 e. The van der Waals surface area contributed by atoms with Gasteiger partial charge in [-0.2, -0.15) is 0 Å². The van der Waals surface area contributed by atoms with E-state index in [4.69, 9.17) is 11.6 Å². The molecule has 7 heteroatoms. The SMILES string of the molecule is O=[N+]([O-])c1ccc(N2[C@@H]3CC[C@H]2C[C@@H](O)C3)c(CO)c1Cl. The Morgan fingerprint density at radius 1 is 1.33 bits per heavy atom. The molecule has 3 atom stereocenters. The van der Waals surface area contributed by atoms with E-state index in [9.17, 15) is 20.3 Å². The van der Waals surface area contributed by atoms with Crippen LogP contribution >= 0.6 is 11.6 Å². The van der Waals surface area contributed by atoms with Crippen LogP contribution in [0, 0.1) is 10.1 Å². The number of hydrogen-bond acceptors (Lipinski definition) is 5. The van der Waals surface area contributed by atoms with Gasteiger partial charge >= 0.3 is 0 Å². The molecule has 2 fully saturated rings. The molecule has 6 nitrogen and oxygen atoms in total. The molecule has 0 spiro atoms. The molecule has 1 aromatic rings. The van der Waals surface area contributed by atoms with Crippen molar-refractivity contribution >= 4 is 23.0 Å². The summed E-state index contributed by atoms with van der Waals surface area (Å²) in [7, 11) is 0. The molecule has 2 aliphatic rings. The normalized spacial score (nSPS) is 28.0. The van der Waals surface area contributed by atoms with Gasteiger partial charge in [-0.05, 0) is 31.7 Å². The molecule has 2 N–H and O–H groups in total. The Bertz CT molecular complexity index is 566. The summed E-state index contributed by atoms with van der Waals surface area (Å²) in [5.74, 6) is 0. The number of anilines is 1. The molecule has 0 aliphatic carbocycles. The second-order valence-corrected chi connectivity index (χ2v) is 6.11. The first-order chi connectivity index (χ1) is 10.0. The Morgan fingerprint density at radius 3 is 2.48 bits per heavy atom. The Kier molecular flexibility index (Phi) is 3.77. The molecule has 0 radical (unpaired) electrons. The second kappa shape index (κ2) is 5.44. The van der Waals surface area contributed by atoms with Gasteiger partial charge in [0.05, 0.1) is 17.6 Å². The van der Waals surface area contributed by atoms with Crippen molar-refractivity contribution in [2.24, 2.45) is 0 Å². The maximum absolute atomic E-state index is 11.0. The number of benzene rings is 1. The summed E-state index contributed by atoms with van der Waals surface area (Å²) in [4.78, 5) is 12.6. The largest absolute Gasteiger partial charge is 0.393 e. The smallest absolute Gasteiger partial charge is 0.288 e. The van der Waals surface area contributed by atoms with Crippen molar-refractivity contribution in [3.63, 3.8) is 0 Å². The predicted molar refractivity (Wildman–Crippen MR) is 78.6 cm³/mol. The number of nitrogens with zero attached hydrogens (tertiary/aromatic N) is 2. The zero-order valence-electron chi connectivity index (χ0n) is 11.4.